The largest absolute Gasteiger partial charge is 0.489 e. The van der Waals surface area contributed by atoms with Gasteiger partial charge in [-0.25, -0.2) is 0 Å². The van der Waals surface area contributed by atoms with Crippen LogP contribution in [0.5, 0.6) is 11.5 Å². The highest BCUT2D eigenvalue weighted by atomic mass is 35.5. The molecule has 0 unspecified atom stereocenters. The number of ether oxygens (including phenoxy) is 2. The van der Waals surface area contributed by atoms with Gasteiger partial charge in [0.15, 0.2) is 11.5 Å². The zero-order chi connectivity index (χ0) is 18.5. The molecule has 0 spiro atoms. The van der Waals surface area contributed by atoms with Crippen molar-refractivity contribution in [3.05, 3.63) is 46.4 Å². The van der Waals surface area contributed by atoms with Crippen molar-refractivity contribution in [3.8, 4) is 11.5 Å². The van der Waals surface area contributed by atoms with E-state index in [0.717, 1.165) is 12.0 Å². The van der Waals surface area contributed by atoms with Crippen LogP contribution in [0.3, 0.4) is 0 Å². The zero-order valence-corrected chi connectivity index (χ0v) is 15.0. The SMILES string of the molecule is Cc1occc1C(=O)NCC(=O)NCc1cc(Cl)c2c(c1)OCCCO2. The van der Waals surface area contributed by atoms with Crippen LogP contribution in [0.2, 0.25) is 5.02 Å². The molecule has 3 rings (SSSR count). The fraction of sp³-hybridized carbons (Fsp3) is 0.333. The normalized spacial score (nSPS) is 13.0. The average Bonchev–Trinajstić information content (AvgIpc) is 2.90. The Kier molecular flexibility index (Phi) is 5.68. The lowest BCUT2D eigenvalue weighted by Gasteiger charge is -2.12. The molecule has 1 aliphatic rings. The number of hydrogen-bond acceptors (Lipinski definition) is 5. The molecule has 0 saturated carbocycles. The van der Waals surface area contributed by atoms with Crippen molar-refractivity contribution < 1.29 is 23.5 Å². The van der Waals surface area contributed by atoms with Crippen LogP contribution in [-0.2, 0) is 11.3 Å². The second kappa shape index (κ2) is 8.14. The van der Waals surface area contributed by atoms with Gasteiger partial charge >= 0.3 is 0 Å². The van der Waals surface area contributed by atoms with Gasteiger partial charge in [0, 0.05) is 13.0 Å². The minimum atomic E-state index is -0.356. The first-order chi connectivity index (χ1) is 12.5. The number of furan rings is 1. The Bertz CT molecular complexity index is 818. The minimum Gasteiger partial charge on any atom is -0.489 e. The predicted molar refractivity (Wildman–Crippen MR) is 94.7 cm³/mol. The van der Waals surface area contributed by atoms with E-state index >= 15 is 0 Å². The Morgan fingerprint density at radius 1 is 1.19 bits per heavy atom. The van der Waals surface area contributed by atoms with E-state index in [9.17, 15) is 9.59 Å². The van der Waals surface area contributed by atoms with E-state index in [-0.39, 0.29) is 24.9 Å². The average molecular weight is 379 g/mol. The van der Waals surface area contributed by atoms with E-state index in [1.165, 1.54) is 6.26 Å². The third kappa shape index (κ3) is 4.29. The van der Waals surface area contributed by atoms with E-state index in [4.69, 9.17) is 25.5 Å². The smallest absolute Gasteiger partial charge is 0.255 e. The van der Waals surface area contributed by atoms with Crippen molar-refractivity contribution in [2.24, 2.45) is 0 Å². The molecule has 0 radical (unpaired) electrons. The zero-order valence-electron chi connectivity index (χ0n) is 14.3. The van der Waals surface area contributed by atoms with Crippen molar-refractivity contribution in [1.29, 1.82) is 0 Å². The molecule has 0 fully saturated rings. The first kappa shape index (κ1) is 18.1. The molecule has 7 nitrogen and oxygen atoms in total. The Hall–Kier alpha value is -2.67. The molecule has 2 aromatic rings. The van der Waals surface area contributed by atoms with E-state index in [0.29, 0.717) is 41.1 Å². The second-order valence-electron chi connectivity index (χ2n) is 5.81. The van der Waals surface area contributed by atoms with Gasteiger partial charge in [-0.15, -0.1) is 0 Å². The summed E-state index contributed by atoms with van der Waals surface area (Å²) < 4.78 is 16.3. The molecule has 138 valence electrons. The molecule has 26 heavy (non-hydrogen) atoms. The van der Waals surface area contributed by atoms with Gasteiger partial charge in [-0.1, -0.05) is 11.6 Å². The number of carbonyl (C=O) groups excluding carboxylic acids is 2. The molecular formula is C18H19ClN2O5. The van der Waals surface area contributed by atoms with Crippen LogP contribution in [0.1, 0.15) is 28.1 Å². The maximum absolute atomic E-state index is 12.0. The maximum Gasteiger partial charge on any atom is 0.255 e. The summed E-state index contributed by atoms with van der Waals surface area (Å²) in [6.45, 7) is 2.91. The Morgan fingerprint density at radius 3 is 2.77 bits per heavy atom. The molecule has 0 saturated heterocycles. The van der Waals surface area contributed by atoms with Gasteiger partial charge in [-0.3, -0.25) is 9.59 Å². The number of amides is 2. The minimum absolute atomic E-state index is 0.137. The summed E-state index contributed by atoms with van der Waals surface area (Å²) in [6, 6.07) is 5.07. The lowest BCUT2D eigenvalue weighted by Crippen LogP contribution is -2.36. The Morgan fingerprint density at radius 2 is 2.00 bits per heavy atom. The molecule has 0 atom stereocenters. The van der Waals surface area contributed by atoms with Crippen molar-refractivity contribution in [3.63, 3.8) is 0 Å². The number of fused-ring (bicyclic) bond motifs is 1. The number of halogens is 1. The van der Waals surface area contributed by atoms with E-state index in [1.54, 1.807) is 25.1 Å². The summed E-state index contributed by atoms with van der Waals surface area (Å²) in [4.78, 5) is 23.9. The van der Waals surface area contributed by atoms with Crippen LogP contribution < -0.4 is 20.1 Å². The predicted octanol–water partition coefficient (Wildman–Crippen LogP) is 2.45. The van der Waals surface area contributed by atoms with Crippen LogP contribution in [0.25, 0.3) is 0 Å². The van der Waals surface area contributed by atoms with Crippen LogP contribution in [0.15, 0.2) is 28.9 Å². The third-order valence-corrected chi connectivity index (χ3v) is 4.15. The fourth-order valence-corrected chi connectivity index (χ4v) is 2.81. The summed E-state index contributed by atoms with van der Waals surface area (Å²) in [5, 5.41) is 5.72. The van der Waals surface area contributed by atoms with E-state index < -0.39 is 0 Å². The highest BCUT2D eigenvalue weighted by molar-refractivity contribution is 6.32. The second-order valence-corrected chi connectivity index (χ2v) is 6.21. The van der Waals surface area contributed by atoms with Crippen LogP contribution in [-0.4, -0.2) is 31.6 Å². The molecule has 0 bridgehead atoms. The van der Waals surface area contributed by atoms with Crippen molar-refractivity contribution in [1.82, 2.24) is 10.6 Å². The molecule has 2 N–H and O–H groups in total. The first-order valence-corrected chi connectivity index (χ1v) is 8.59. The fourth-order valence-electron chi connectivity index (χ4n) is 2.53. The Balaban J connectivity index is 1.53. The molecule has 1 aromatic heterocycles. The molecular weight excluding hydrogens is 360 g/mol. The Labute approximate surface area is 155 Å². The molecule has 8 heteroatoms. The summed E-state index contributed by atoms with van der Waals surface area (Å²) in [7, 11) is 0. The van der Waals surface area contributed by atoms with Crippen molar-refractivity contribution >= 4 is 23.4 Å². The van der Waals surface area contributed by atoms with Gasteiger partial charge in [0.25, 0.3) is 5.91 Å². The molecule has 2 heterocycles. The van der Waals surface area contributed by atoms with E-state index in [1.807, 2.05) is 0 Å². The topological polar surface area (TPSA) is 89.8 Å². The van der Waals surface area contributed by atoms with Crippen molar-refractivity contribution in [2.75, 3.05) is 19.8 Å². The van der Waals surface area contributed by atoms with Gasteiger partial charge < -0.3 is 24.5 Å². The van der Waals surface area contributed by atoms with Crippen LogP contribution >= 0.6 is 11.6 Å². The van der Waals surface area contributed by atoms with E-state index in [2.05, 4.69) is 10.6 Å². The standard InChI is InChI=1S/C18H19ClN2O5/c1-11-13(3-6-24-11)18(23)21-10-16(22)20-9-12-7-14(19)17-15(8-12)25-4-2-5-26-17/h3,6-8H,2,4-5,9-10H2,1H3,(H,20,22)(H,21,23). The number of benzene rings is 1. The van der Waals surface area contributed by atoms with Gasteiger partial charge in [0.1, 0.15) is 5.76 Å². The summed E-state index contributed by atoms with van der Waals surface area (Å²) in [6.07, 6.45) is 2.21. The van der Waals surface area contributed by atoms with Gasteiger partial charge in [-0.2, -0.15) is 0 Å². The van der Waals surface area contributed by atoms with Gasteiger partial charge in [0.2, 0.25) is 5.91 Å². The molecule has 1 aromatic carbocycles. The lowest BCUT2D eigenvalue weighted by atomic mass is 10.2. The van der Waals surface area contributed by atoms with Gasteiger partial charge in [0.05, 0.1) is 36.6 Å². The van der Waals surface area contributed by atoms with Crippen molar-refractivity contribution in [2.45, 2.75) is 19.9 Å². The molecule has 1 aliphatic heterocycles. The molecule has 0 aliphatic carbocycles. The highest BCUT2D eigenvalue weighted by Gasteiger charge is 2.16. The number of carbonyl (C=O) groups is 2. The van der Waals surface area contributed by atoms with Crippen LogP contribution in [0.4, 0.5) is 0 Å². The van der Waals surface area contributed by atoms with Crippen LogP contribution in [0, 0.1) is 6.92 Å². The lowest BCUT2D eigenvalue weighted by molar-refractivity contribution is -0.120. The number of hydrogen-bond donors (Lipinski definition) is 2. The quantitative estimate of drug-likeness (QED) is 0.834. The number of rotatable bonds is 5. The molecule has 2 amide bonds. The summed E-state index contributed by atoms with van der Waals surface area (Å²) in [5.41, 5.74) is 1.19. The monoisotopic (exact) mass is 378 g/mol. The number of nitrogens with one attached hydrogen (secondary N) is 2. The maximum atomic E-state index is 12.0. The third-order valence-electron chi connectivity index (χ3n) is 3.86. The summed E-state index contributed by atoms with van der Waals surface area (Å²) >= 11 is 6.23. The first-order valence-electron chi connectivity index (χ1n) is 8.21. The number of aryl methyl sites for hydroxylation is 1. The summed E-state index contributed by atoms with van der Waals surface area (Å²) in [5.74, 6) is 0.933. The highest BCUT2D eigenvalue weighted by Crippen LogP contribution is 2.37. The van der Waals surface area contributed by atoms with Gasteiger partial charge in [-0.05, 0) is 30.7 Å².